The molecule has 0 spiro atoms. The van der Waals surface area contributed by atoms with Crippen LogP contribution in [0.15, 0.2) is 158 Å². The third-order valence-corrected chi connectivity index (χ3v) is 10.8. The number of rotatable bonds is 2. The van der Waals surface area contributed by atoms with Crippen LogP contribution in [0, 0.1) is 0 Å². The highest BCUT2D eigenvalue weighted by Crippen LogP contribution is 2.49. The van der Waals surface area contributed by atoms with Crippen molar-refractivity contribution >= 4 is 92.5 Å². The van der Waals surface area contributed by atoms with E-state index in [9.17, 15) is 0 Å². The Hall–Kier alpha value is -6.78. The van der Waals surface area contributed by atoms with Crippen molar-refractivity contribution in [3.63, 3.8) is 0 Å². The lowest BCUT2D eigenvalue weighted by Gasteiger charge is -2.15. The maximum absolute atomic E-state index is 5.48. The first-order valence-electron chi connectivity index (χ1n) is 17.1. The molecule has 230 valence electrons. The molecule has 4 nitrogen and oxygen atoms in total. The Kier molecular flexibility index (Phi) is 4.94. The molecule has 50 heavy (non-hydrogen) atoms. The summed E-state index contributed by atoms with van der Waals surface area (Å²) in [6.45, 7) is 0. The summed E-state index contributed by atoms with van der Waals surface area (Å²) in [7, 11) is 0. The Morgan fingerprint density at radius 3 is 1.76 bits per heavy atom. The van der Waals surface area contributed by atoms with Crippen LogP contribution >= 0.6 is 0 Å². The van der Waals surface area contributed by atoms with E-state index < -0.39 is 0 Å². The molecule has 12 aromatic rings. The van der Waals surface area contributed by atoms with Gasteiger partial charge in [-0.2, -0.15) is 0 Å². The van der Waals surface area contributed by atoms with Gasteiger partial charge in [-0.25, -0.2) is 9.97 Å². The van der Waals surface area contributed by atoms with Crippen LogP contribution in [0.1, 0.15) is 0 Å². The predicted octanol–water partition coefficient (Wildman–Crippen LogP) is 11.9. The number of para-hydroxylation sites is 4. The van der Waals surface area contributed by atoms with Gasteiger partial charge in [-0.3, -0.25) is 4.57 Å². The van der Waals surface area contributed by atoms with Crippen molar-refractivity contribution in [3.8, 4) is 17.1 Å². The molecule has 4 heteroatoms. The van der Waals surface area contributed by atoms with E-state index in [0.29, 0.717) is 0 Å². The summed E-state index contributed by atoms with van der Waals surface area (Å²) in [6.07, 6.45) is 0. The smallest absolute Gasteiger partial charge is 0.165 e. The Labute approximate surface area is 285 Å². The van der Waals surface area contributed by atoms with E-state index >= 15 is 0 Å². The molecule has 0 N–H and O–H groups in total. The highest BCUT2D eigenvalue weighted by Gasteiger charge is 2.27. The summed E-state index contributed by atoms with van der Waals surface area (Å²) in [6, 6.07) is 56.6. The van der Waals surface area contributed by atoms with E-state index in [1.807, 2.05) is 12.1 Å². The topological polar surface area (TPSA) is 35.1 Å². The van der Waals surface area contributed by atoms with Crippen molar-refractivity contribution in [2.75, 3.05) is 0 Å². The number of hydrogen-bond acceptors (Lipinski definition) is 2. The van der Waals surface area contributed by atoms with E-state index in [0.717, 1.165) is 39.1 Å². The largest absolute Gasteiger partial charge is 0.306 e. The van der Waals surface area contributed by atoms with Gasteiger partial charge < -0.3 is 4.40 Å². The van der Waals surface area contributed by atoms with Crippen LogP contribution in [0.25, 0.3) is 110 Å². The summed E-state index contributed by atoms with van der Waals surface area (Å²) in [5, 5.41) is 12.6. The fourth-order valence-electron chi connectivity index (χ4n) is 8.82. The van der Waals surface area contributed by atoms with Gasteiger partial charge >= 0.3 is 0 Å². The highest BCUT2D eigenvalue weighted by molar-refractivity contribution is 6.39. The van der Waals surface area contributed by atoms with Crippen molar-refractivity contribution in [1.82, 2.24) is 18.9 Å². The number of hydrogen-bond donors (Lipinski definition) is 0. The van der Waals surface area contributed by atoms with Gasteiger partial charge in [0, 0.05) is 37.9 Å². The highest BCUT2D eigenvalue weighted by atomic mass is 15.1. The molecule has 0 fully saturated rings. The molecular weight excluding hydrogens is 609 g/mol. The Bertz CT molecular complexity index is 3370. The second-order valence-corrected chi connectivity index (χ2v) is 13.3. The predicted molar refractivity (Wildman–Crippen MR) is 209 cm³/mol. The number of aromatic nitrogens is 4. The summed E-state index contributed by atoms with van der Waals surface area (Å²) in [5.74, 6) is 0.827. The van der Waals surface area contributed by atoms with E-state index in [-0.39, 0.29) is 0 Å². The van der Waals surface area contributed by atoms with Crippen LogP contribution < -0.4 is 0 Å². The summed E-state index contributed by atoms with van der Waals surface area (Å²) in [4.78, 5) is 10.8. The molecule has 4 heterocycles. The first kappa shape index (κ1) is 26.2. The average molecular weight is 635 g/mol. The standard InChI is InChI=1S/C46H26N4/c1-2-14-28(15-3-1)42-46(48-36-23-10-9-22-35(36)47-42)50-37-24-11-8-19-32(37)40-30-17-6-7-18-31(30)41-34-21-12-20-33-39-29-16-5-4-13-27(29)25-26-38(39)49(43(33)34)44(41)45(40)50/h1-26H. The molecule has 12 rings (SSSR count). The zero-order chi connectivity index (χ0) is 32.5. The van der Waals surface area contributed by atoms with Gasteiger partial charge in [0.2, 0.25) is 0 Å². The fourth-order valence-corrected chi connectivity index (χ4v) is 8.82. The molecule has 0 bridgehead atoms. The molecule has 0 aliphatic heterocycles. The van der Waals surface area contributed by atoms with Crippen LogP contribution in [-0.4, -0.2) is 18.9 Å². The molecule has 0 saturated heterocycles. The summed E-state index contributed by atoms with van der Waals surface area (Å²) < 4.78 is 4.95. The molecule has 0 aliphatic carbocycles. The molecule has 0 saturated carbocycles. The van der Waals surface area contributed by atoms with Gasteiger partial charge in [0.25, 0.3) is 0 Å². The first-order valence-corrected chi connectivity index (χ1v) is 17.1. The number of nitrogens with zero attached hydrogens (tertiary/aromatic N) is 4. The van der Waals surface area contributed by atoms with Gasteiger partial charge in [-0.05, 0) is 45.8 Å². The quantitative estimate of drug-likeness (QED) is 0.190. The Morgan fingerprint density at radius 1 is 0.360 bits per heavy atom. The fraction of sp³-hybridized carbons (Fsp3) is 0. The van der Waals surface area contributed by atoms with E-state index in [1.54, 1.807) is 0 Å². The molecule has 4 aromatic heterocycles. The van der Waals surface area contributed by atoms with Crippen molar-refractivity contribution in [2.24, 2.45) is 0 Å². The zero-order valence-corrected chi connectivity index (χ0v) is 26.8. The lowest BCUT2D eigenvalue weighted by molar-refractivity contribution is 1.08. The van der Waals surface area contributed by atoms with Crippen LogP contribution in [-0.2, 0) is 0 Å². The lowest BCUT2D eigenvalue weighted by Crippen LogP contribution is -2.04. The van der Waals surface area contributed by atoms with Gasteiger partial charge in [-0.15, -0.1) is 0 Å². The molecule has 0 atom stereocenters. The van der Waals surface area contributed by atoms with E-state index in [2.05, 4.69) is 155 Å². The van der Waals surface area contributed by atoms with Crippen LogP contribution in [0.4, 0.5) is 0 Å². The van der Waals surface area contributed by atoms with Gasteiger partial charge in [-0.1, -0.05) is 133 Å². The first-order chi connectivity index (χ1) is 24.8. The molecule has 0 radical (unpaired) electrons. The number of benzene rings is 8. The molecule has 8 aromatic carbocycles. The Morgan fingerprint density at radius 2 is 0.960 bits per heavy atom. The van der Waals surface area contributed by atoms with Gasteiger partial charge in [0.15, 0.2) is 5.82 Å². The normalized spacial score (nSPS) is 12.4. The van der Waals surface area contributed by atoms with Crippen molar-refractivity contribution < 1.29 is 0 Å². The van der Waals surface area contributed by atoms with Gasteiger partial charge in [0.1, 0.15) is 5.69 Å². The third-order valence-electron chi connectivity index (χ3n) is 10.8. The third kappa shape index (κ3) is 3.21. The summed E-state index contributed by atoms with van der Waals surface area (Å²) in [5.41, 5.74) is 9.56. The van der Waals surface area contributed by atoms with Crippen LogP contribution in [0.5, 0.6) is 0 Å². The molecule has 0 amide bonds. The van der Waals surface area contributed by atoms with Crippen LogP contribution in [0.3, 0.4) is 0 Å². The maximum atomic E-state index is 5.48. The van der Waals surface area contributed by atoms with Crippen molar-refractivity contribution in [2.45, 2.75) is 0 Å². The SMILES string of the molecule is c1ccc(-c2nc3ccccc3nc2-n2c3ccccc3c3c4ccccc4c4c5cccc6c7c8ccccc8ccc7n(c65)c4c32)cc1. The van der Waals surface area contributed by atoms with E-state index in [1.165, 1.54) is 70.4 Å². The van der Waals surface area contributed by atoms with Crippen molar-refractivity contribution in [1.29, 1.82) is 0 Å². The van der Waals surface area contributed by atoms with E-state index in [4.69, 9.17) is 9.97 Å². The molecule has 0 aliphatic rings. The Balaban J connectivity index is 1.41. The van der Waals surface area contributed by atoms with Gasteiger partial charge in [0.05, 0.1) is 38.6 Å². The zero-order valence-electron chi connectivity index (χ0n) is 26.8. The molecular formula is C46H26N4. The lowest BCUT2D eigenvalue weighted by atomic mass is 9.97. The number of fused-ring (bicyclic) bond motifs is 16. The molecule has 0 unspecified atom stereocenters. The van der Waals surface area contributed by atoms with Crippen LogP contribution in [0.2, 0.25) is 0 Å². The maximum Gasteiger partial charge on any atom is 0.165 e. The monoisotopic (exact) mass is 634 g/mol. The minimum absolute atomic E-state index is 0.827. The summed E-state index contributed by atoms with van der Waals surface area (Å²) >= 11 is 0. The minimum atomic E-state index is 0.827. The average Bonchev–Trinajstić information content (AvgIpc) is 3.83. The second kappa shape index (κ2) is 9.43. The second-order valence-electron chi connectivity index (χ2n) is 13.3. The van der Waals surface area contributed by atoms with Crippen molar-refractivity contribution in [3.05, 3.63) is 158 Å². The minimum Gasteiger partial charge on any atom is -0.306 e.